The highest BCUT2D eigenvalue weighted by Crippen LogP contribution is 2.27. The molecule has 0 amide bonds. The summed E-state index contributed by atoms with van der Waals surface area (Å²) in [5.74, 6) is 4.25. The third-order valence-electron chi connectivity index (χ3n) is 4.13. The van der Waals surface area contributed by atoms with E-state index in [0.717, 1.165) is 18.9 Å². The Morgan fingerprint density at radius 1 is 1.00 bits per heavy atom. The van der Waals surface area contributed by atoms with E-state index in [1.165, 1.54) is 38.5 Å². The van der Waals surface area contributed by atoms with Crippen LogP contribution in [-0.4, -0.2) is 0 Å². The van der Waals surface area contributed by atoms with Crippen LogP contribution in [0.15, 0.2) is 10.5 Å². The maximum Gasteiger partial charge on any atom is 0.158 e. The Hall–Kier alpha value is -1.08. The van der Waals surface area contributed by atoms with Crippen molar-refractivity contribution in [2.45, 2.75) is 78.6 Å². The SMILES string of the molecule is CC(C)(C)CCCCCCCCCC#Cc1c(N)cc(F)c(Br)c1F. The van der Waals surface area contributed by atoms with Crippen molar-refractivity contribution in [2.75, 3.05) is 5.73 Å². The van der Waals surface area contributed by atoms with E-state index in [4.69, 9.17) is 5.73 Å². The van der Waals surface area contributed by atoms with Gasteiger partial charge in [0.1, 0.15) is 5.82 Å². The molecule has 0 unspecified atom stereocenters. The first kappa shape index (κ1) is 22.0. The average molecular weight is 414 g/mol. The number of rotatable bonds is 8. The van der Waals surface area contributed by atoms with Gasteiger partial charge in [-0.1, -0.05) is 71.1 Å². The van der Waals surface area contributed by atoms with Crippen LogP contribution in [0.3, 0.4) is 0 Å². The Labute approximate surface area is 159 Å². The molecule has 0 aromatic heterocycles. The molecule has 1 aromatic rings. The van der Waals surface area contributed by atoms with E-state index >= 15 is 0 Å². The van der Waals surface area contributed by atoms with E-state index in [2.05, 4.69) is 48.5 Å². The van der Waals surface area contributed by atoms with E-state index in [0.29, 0.717) is 11.8 Å². The monoisotopic (exact) mass is 413 g/mol. The molecule has 1 rings (SSSR count). The third kappa shape index (κ3) is 8.72. The summed E-state index contributed by atoms with van der Waals surface area (Å²) in [6, 6.07) is 1.09. The van der Waals surface area contributed by atoms with E-state index in [1.54, 1.807) is 0 Å². The zero-order chi connectivity index (χ0) is 18.9. The summed E-state index contributed by atoms with van der Waals surface area (Å²) in [4.78, 5) is 0. The van der Waals surface area contributed by atoms with Gasteiger partial charge in [0, 0.05) is 6.42 Å². The van der Waals surface area contributed by atoms with Gasteiger partial charge in [-0.2, -0.15) is 0 Å². The van der Waals surface area contributed by atoms with Gasteiger partial charge in [0.25, 0.3) is 0 Å². The minimum Gasteiger partial charge on any atom is -0.398 e. The molecule has 25 heavy (non-hydrogen) atoms. The van der Waals surface area contributed by atoms with Gasteiger partial charge in [-0.25, -0.2) is 8.78 Å². The highest BCUT2D eigenvalue weighted by Gasteiger charge is 2.13. The van der Waals surface area contributed by atoms with Gasteiger partial charge >= 0.3 is 0 Å². The van der Waals surface area contributed by atoms with Gasteiger partial charge in [-0.3, -0.25) is 0 Å². The topological polar surface area (TPSA) is 26.0 Å². The number of nitrogen functional groups attached to an aromatic ring is 1. The Kier molecular flexibility index (Phi) is 9.50. The number of halogens is 3. The van der Waals surface area contributed by atoms with Crippen LogP contribution in [0, 0.1) is 28.9 Å². The molecule has 0 aliphatic carbocycles. The van der Waals surface area contributed by atoms with Crippen LogP contribution >= 0.6 is 15.9 Å². The summed E-state index contributed by atoms with van der Waals surface area (Å²) < 4.78 is 27.0. The molecule has 0 aliphatic heterocycles. The quantitative estimate of drug-likeness (QED) is 0.207. The molecule has 0 spiro atoms. The van der Waals surface area contributed by atoms with Gasteiger partial charge in [-0.15, -0.1) is 0 Å². The van der Waals surface area contributed by atoms with Crippen molar-refractivity contribution in [3.8, 4) is 11.8 Å². The molecular formula is C21H30BrF2N. The molecular weight excluding hydrogens is 384 g/mol. The molecule has 0 saturated heterocycles. The second kappa shape index (κ2) is 10.8. The van der Waals surface area contributed by atoms with E-state index in [1.807, 2.05) is 0 Å². The Morgan fingerprint density at radius 3 is 2.16 bits per heavy atom. The zero-order valence-electron chi connectivity index (χ0n) is 15.7. The van der Waals surface area contributed by atoms with Crippen molar-refractivity contribution in [2.24, 2.45) is 5.41 Å². The second-order valence-corrected chi connectivity index (χ2v) is 8.58. The van der Waals surface area contributed by atoms with Crippen molar-refractivity contribution in [1.29, 1.82) is 0 Å². The lowest BCUT2D eigenvalue weighted by Gasteiger charge is -2.17. The summed E-state index contributed by atoms with van der Waals surface area (Å²) in [7, 11) is 0. The van der Waals surface area contributed by atoms with Crippen LogP contribution in [-0.2, 0) is 0 Å². The van der Waals surface area contributed by atoms with Gasteiger partial charge in [0.05, 0.1) is 15.7 Å². The average Bonchev–Trinajstić information content (AvgIpc) is 2.52. The number of hydrogen-bond acceptors (Lipinski definition) is 1. The van der Waals surface area contributed by atoms with Gasteiger partial charge in [0.15, 0.2) is 5.82 Å². The molecule has 2 N–H and O–H groups in total. The fourth-order valence-electron chi connectivity index (χ4n) is 2.64. The van der Waals surface area contributed by atoms with Crippen LogP contribution in [0.2, 0.25) is 0 Å². The summed E-state index contributed by atoms with van der Waals surface area (Å²) >= 11 is 2.87. The molecule has 1 aromatic carbocycles. The van der Waals surface area contributed by atoms with Crippen molar-refractivity contribution in [3.05, 3.63) is 27.7 Å². The number of hydrogen-bond donors (Lipinski definition) is 1. The predicted octanol–water partition coefficient (Wildman–Crippen LogP) is 7.22. The maximum atomic E-state index is 13.9. The van der Waals surface area contributed by atoms with E-state index in [-0.39, 0.29) is 15.7 Å². The molecule has 0 saturated carbocycles. The van der Waals surface area contributed by atoms with Crippen molar-refractivity contribution in [3.63, 3.8) is 0 Å². The first-order valence-electron chi connectivity index (χ1n) is 9.14. The van der Waals surface area contributed by atoms with Crippen LogP contribution < -0.4 is 5.73 Å². The molecule has 0 aliphatic rings. The summed E-state index contributed by atoms with van der Waals surface area (Å²) in [5.41, 5.74) is 6.20. The van der Waals surface area contributed by atoms with Crippen LogP contribution in [0.5, 0.6) is 0 Å². The first-order valence-corrected chi connectivity index (χ1v) is 9.93. The van der Waals surface area contributed by atoms with Gasteiger partial charge in [-0.05, 0) is 40.3 Å². The number of anilines is 1. The second-order valence-electron chi connectivity index (χ2n) is 7.79. The maximum absolute atomic E-state index is 13.9. The normalized spacial score (nSPS) is 11.3. The summed E-state index contributed by atoms with van der Waals surface area (Å²) in [5, 5.41) is 0. The van der Waals surface area contributed by atoms with Crippen molar-refractivity contribution >= 4 is 21.6 Å². The first-order chi connectivity index (χ1) is 11.7. The molecule has 1 nitrogen and oxygen atoms in total. The summed E-state index contributed by atoms with van der Waals surface area (Å²) in [6.07, 6.45) is 10.6. The standard InChI is InChI=1S/C21H30BrF2N/c1-21(2,3)14-12-10-8-6-4-5-7-9-11-13-16-18(25)15-17(23)19(22)20(16)24/h15H,4-10,12,14,25H2,1-3H3. The zero-order valence-corrected chi connectivity index (χ0v) is 17.2. The Bertz CT molecular complexity index is 609. The number of nitrogens with two attached hydrogens (primary N) is 1. The van der Waals surface area contributed by atoms with E-state index in [9.17, 15) is 8.78 Å². The minimum atomic E-state index is -0.722. The third-order valence-corrected chi connectivity index (χ3v) is 4.86. The van der Waals surface area contributed by atoms with Crippen LogP contribution in [0.1, 0.15) is 84.1 Å². The van der Waals surface area contributed by atoms with Crippen LogP contribution in [0.4, 0.5) is 14.5 Å². The van der Waals surface area contributed by atoms with Crippen molar-refractivity contribution in [1.82, 2.24) is 0 Å². The lowest BCUT2D eigenvalue weighted by Crippen LogP contribution is -2.03. The van der Waals surface area contributed by atoms with Crippen molar-refractivity contribution < 1.29 is 8.78 Å². The Morgan fingerprint density at radius 2 is 1.56 bits per heavy atom. The molecule has 0 radical (unpaired) electrons. The molecule has 4 heteroatoms. The lowest BCUT2D eigenvalue weighted by atomic mass is 9.89. The fourth-order valence-corrected chi connectivity index (χ4v) is 2.96. The predicted molar refractivity (Wildman–Crippen MR) is 106 cm³/mol. The molecule has 0 atom stereocenters. The van der Waals surface area contributed by atoms with E-state index < -0.39 is 11.6 Å². The summed E-state index contributed by atoms with van der Waals surface area (Å²) in [6.45, 7) is 6.87. The molecule has 0 bridgehead atoms. The molecule has 0 heterocycles. The molecule has 140 valence electrons. The van der Waals surface area contributed by atoms with Gasteiger partial charge in [0.2, 0.25) is 0 Å². The molecule has 0 fully saturated rings. The van der Waals surface area contributed by atoms with Crippen LogP contribution in [0.25, 0.3) is 0 Å². The Balaban J connectivity index is 2.20. The smallest absolute Gasteiger partial charge is 0.158 e. The fraction of sp³-hybridized carbons (Fsp3) is 0.619. The van der Waals surface area contributed by atoms with Gasteiger partial charge < -0.3 is 5.73 Å². The lowest BCUT2D eigenvalue weighted by molar-refractivity contribution is 0.356. The highest BCUT2D eigenvalue weighted by atomic mass is 79.9. The number of unbranched alkanes of at least 4 members (excludes halogenated alkanes) is 7. The largest absolute Gasteiger partial charge is 0.398 e. The number of benzene rings is 1. The minimum absolute atomic E-state index is 0.0426. The highest BCUT2D eigenvalue weighted by molar-refractivity contribution is 9.10.